The molecule has 0 aromatic heterocycles. The molecular formula is C31H31NO5. The molecule has 2 unspecified atom stereocenters. The Balaban J connectivity index is 1.57. The molecule has 6 heteroatoms. The Morgan fingerprint density at radius 1 is 0.730 bits per heavy atom. The fraction of sp³-hybridized carbons (Fsp3) is 0.194. The number of likely N-dealkylation sites (N-methyl/N-ethyl adjacent to an activating group) is 1. The summed E-state index contributed by atoms with van der Waals surface area (Å²) in [4.78, 5) is 13.8. The lowest BCUT2D eigenvalue weighted by atomic mass is 10.00. The van der Waals surface area contributed by atoms with Crippen LogP contribution in [0.3, 0.4) is 0 Å². The van der Waals surface area contributed by atoms with Gasteiger partial charge in [0.25, 0.3) is 0 Å². The van der Waals surface area contributed by atoms with E-state index >= 15 is 0 Å². The van der Waals surface area contributed by atoms with Gasteiger partial charge in [-0.1, -0.05) is 97.1 Å². The van der Waals surface area contributed by atoms with Gasteiger partial charge in [-0.15, -0.1) is 0 Å². The molecule has 0 saturated heterocycles. The number of benzene rings is 4. The highest BCUT2D eigenvalue weighted by Gasteiger charge is 2.32. The molecule has 4 aromatic carbocycles. The zero-order valence-corrected chi connectivity index (χ0v) is 20.7. The largest absolute Gasteiger partial charge is 0.485 e. The van der Waals surface area contributed by atoms with Crippen molar-refractivity contribution in [1.82, 2.24) is 4.90 Å². The molecule has 0 saturated carbocycles. The Bertz CT molecular complexity index is 1260. The molecule has 0 aliphatic heterocycles. The normalized spacial score (nSPS) is 12.6. The van der Waals surface area contributed by atoms with Crippen LogP contribution in [0.1, 0.15) is 28.4 Å². The first-order chi connectivity index (χ1) is 18.0. The van der Waals surface area contributed by atoms with Gasteiger partial charge >= 0.3 is 5.97 Å². The molecule has 2 atom stereocenters. The number of carbonyl (C=O) groups is 1. The van der Waals surface area contributed by atoms with E-state index in [2.05, 4.69) is 0 Å². The van der Waals surface area contributed by atoms with Gasteiger partial charge in [0, 0.05) is 6.54 Å². The Hall–Kier alpha value is -4.13. The number of nitrogens with zero attached hydrogens (tertiary/aromatic N) is 1. The van der Waals surface area contributed by atoms with E-state index in [1.54, 1.807) is 30.1 Å². The van der Waals surface area contributed by atoms with E-state index in [1.165, 1.54) is 0 Å². The van der Waals surface area contributed by atoms with Crippen LogP contribution in [-0.2, 0) is 24.6 Å². The molecule has 0 aliphatic carbocycles. The first-order valence-electron chi connectivity index (χ1n) is 12.1. The smallest absolute Gasteiger partial charge is 0.324 e. The number of aliphatic hydroxyl groups is 1. The second-order valence-electron chi connectivity index (χ2n) is 8.88. The summed E-state index contributed by atoms with van der Waals surface area (Å²) in [6, 6.07) is 33.0. The summed E-state index contributed by atoms with van der Waals surface area (Å²) in [7, 11) is 1.69. The van der Waals surface area contributed by atoms with E-state index in [0.717, 1.165) is 16.7 Å². The minimum absolute atomic E-state index is 0.304. The fourth-order valence-corrected chi connectivity index (χ4v) is 4.13. The first-order valence-corrected chi connectivity index (χ1v) is 12.1. The number of hydrogen-bond acceptors (Lipinski definition) is 5. The van der Waals surface area contributed by atoms with Gasteiger partial charge in [-0.3, -0.25) is 9.69 Å². The first kappa shape index (κ1) is 25.9. The molecule has 6 nitrogen and oxygen atoms in total. The van der Waals surface area contributed by atoms with Gasteiger partial charge in [-0.25, -0.2) is 0 Å². The summed E-state index contributed by atoms with van der Waals surface area (Å²) in [5, 5.41) is 21.2. The van der Waals surface area contributed by atoms with Crippen LogP contribution in [0.15, 0.2) is 109 Å². The number of aliphatic hydroxyl groups excluding tert-OH is 1. The van der Waals surface area contributed by atoms with Gasteiger partial charge in [0.2, 0.25) is 0 Å². The quantitative estimate of drug-likeness (QED) is 0.271. The lowest BCUT2D eigenvalue weighted by molar-refractivity contribution is -0.147. The highest BCUT2D eigenvalue weighted by Crippen LogP contribution is 2.34. The zero-order valence-electron chi connectivity index (χ0n) is 20.7. The van der Waals surface area contributed by atoms with Gasteiger partial charge in [0.05, 0.1) is 0 Å². The Kier molecular flexibility index (Phi) is 8.92. The second-order valence-corrected chi connectivity index (χ2v) is 8.88. The van der Waals surface area contributed by atoms with Gasteiger partial charge in [-0.05, 0) is 41.4 Å². The van der Waals surface area contributed by atoms with Crippen LogP contribution in [-0.4, -0.2) is 34.2 Å². The Morgan fingerprint density at radius 2 is 1.22 bits per heavy atom. The molecule has 0 amide bonds. The predicted octanol–water partition coefficient (Wildman–Crippen LogP) is 5.46. The van der Waals surface area contributed by atoms with Gasteiger partial charge in [-0.2, -0.15) is 0 Å². The van der Waals surface area contributed by atoms with Crippen molar-refractivity contribution in [3.63, 3.8) is 0 Å². The Morgan fingerprint density at radius 3 is 1.73 bits per heavy atom. The summed E-state index contributed by atoms with van der Waals surface area (Å²) >= 11 is 0. The number of carboxylic acid groups (broad SMARTS) is 1. The van der Waals surface area contributed by atoms with E-state index in [1.807, 2.05) is 91.0 Å². The standard InChI is InChI=1S/C31H31NO5/c1-32(20-23-11-5-2-6-12-23)29(31(34)35)30(33)26-17-18-27(36-21-24-13-7-3-8-14-24)28(19-26)37-22-25-15-9-4-10-16-25/h2-19,29-30,33H,20-22H2,1H3,(H,34,35). The molecule has 0 aliphatic rings. The van der Waals surface area contributed by atoms with Crippen LogP contribution < -0.4 is 9.47 Å². The van der Waals surface area contributed by atoms with Crippen LogP contribution in [0.25, 0.3) is 0 Å². The van der Waals surface area contributed by atoms with E-state index in [9.17, 15) is 15.0 Å². The van der Waals surface area contributed by atoms with Crippen LogP contribution in [0.5, 0.6) is 11.5 Å². The van der Waals surface area contributed by atoms with Crippen LogP contribution >= 0.6 is 0 Å². The second kappa shape index (κ2) is 12.7. The van der Waals surface area contributed by atoms with Crippen LogP contribution in [0.4, 0.5) is 0 Å². The van der Waals surface area contributed by atoms with E-state index in [4.69, 9.17) is 9.47 Å². The maximum Gasteiger partial charge on any atom is 0.324 e. The van der Waals surface area contributed by atoms with Crippen molar-refractivity contribution in [3.05, 3.63) is 131 Å². The maximum absolute atomic E-state index is 12.2. The zero-order chi connectivity index (χ0) is 26.0. The average molecular weight is 498 g/mol. The molecule has 190 valence electrons. The van der Waals surface area contributed by atoms with Crippen LogP contribution in [0, 0.1) is 0 Å². The molecule has 0 spiro atoms. The summed E-state index contributed by atoms with van der Waals surface area (Å²) in [5.74, 6) is -0.159. The number of rotatable bonds is 12. The number of aliphatic carboxylic acids is 1. The van der Waals surface area contributed by atoms with Crippen molar-refractivity contribution < 1.29 is 24.5 Å². The fourth-order valence-electron chi connectivity index (χ4n) is 4.13. The van der Waals surface area contributed by atoms with Crippen molar-refractivity contribution in [2.45, 2.75) is 31.9 Å². The molecule has 2 N–H and O–H groups in total. The maximum atomic E-state index is 12.2. The molecule has 4 aromatic rings. The summed E-state index contributed by atoms with van der Waals surface area (Å²) in [5.41, 5.74) is 3.38. The third-order valence-electron chi connectivity index (χ3n) is 6.09. The predicted molar refractivity (Wildman–Crippen MR) is 142 cm³/mol. The van der Waals surface area contributed by atoms with Crippen molar-refractivity contribution in [1.29, 1.82) is 0 Å². The summed E-state index contributed by atoms with van der Waals surface area (Å²) < 4.78 is 12.1. The molecule has 0 bridgehead atoms. The third kappa shape index (κ3) is 7.19. The summed E-state index contributed by atoms with van der Waals surface area (Å²) in [6.07, 6.45) is -1.28. The minimum atomic E-state index is -1.28. The Labute approximate surface area is 217 Å². The molecule has 0 heterocycles. The van der Waals surface area contributed by atoms with Crippen molar-refractivity contribution in [3.8, 4) is 11.5 Å². The summed E-state index contributed by atoms with van der Waals surface area (Å²) in [6.45, 7) is 1.03. The van der Waals surface area contributed by atoms with Crippen molar-refractivity contribution in [2.24, 2.45) is 0 Å². The molecule has 0 fully saturated rings. The monoisotopic (exact) mass is 497 g/mol. The molecule has 4 rings (SSSR count). The highest BCUT2D eigenvalue weighted by atomic mass is 16.5. The SMILES string of the molecule is CN(Cc1ccccc1)C(C(=O)O)C(O)c1ccc(OCc2ccccc2)c(OCc2ccccc2)c1. The number of ether oxygens (including phenoxy) is 2. The van der Waals surface area contributed by atoms with E-state index < -0.39 is 18.1 Å². The van der Waals surface area contributed by atoms with Crippen molar-refractivity contribution >= 4 is 5.97 Å². The molecular weight excluding hydrogens is 466 g/mol. The lowest BCUT2D eigenvalue weighted by Crippen LogP contribution is -2.42. The van der Waals surface area contributed by atoms with E-state index in [0.29, 0.717) is 36.8 Å². The minimum Gasteiger partial charge on any atom is -0.485 e. The third-order valence-corrected chi connectivity index (χ3v) is 6.09. The molecule has 0 radical (unpaired) electrons. The van der Waals surface area contributed by atoms with Gasteiger partial charge < -0.3 is 19.7 Å². The number of hydrogen-bond donors (Lipinski definition) is 2. The van der Waals surface area contributed by atoms with Gasteiger partial charge in [0.1, 0.15) is 25.4 Å². The lowest BCUT2D eigenvalue weighted by Gasteiger charge is -2.29. The van der Waals surface area contributed by atoms with Gasteiger partial charge in [0.15, 0.2) is 11.5 Å². The topological polar surface area (TPSA) is 79.2 Å². The number of carboxylic acids is 1. The highest BCUT2D eigenvalue weighted by molar-refractivity contribution is 5.74. The van der Waals surface area contributed by atoms with Crippen molar-refractivity contribution in [2.75, 3.05) is 7.05 Å². The molecule has 37 heavy (non-hydrogen) atoms. The van der Waals surface area contributed by atoms with Crippen LogP contribution in [0.2, 0.25) is 0 Å². The average Bonchev–Trinajstić information content (AvgIpc) is 2.92. The van der Waals surface area contributed by atoms with E-state index in [-0.39, 0.29) is 0 Å².